The van der Waals surface area contributed by atoms with Crippen LogP contribution in [0.5, 0.6) is 11.5 Å². The molecule has 1 fully saturated rings. The van der Waals surface area contributed by atoms with Crippen LogP contribution in [-0.4, -0.2) is 33.0 Å². The summed E-state index contributed by atoms with van der Waals surface area (Å²) >= 11 is 0. The number of halogens is 1. The number of pyridine rings is 1. The van der Waals surface area contributed by atoms with Gasteiger partial charge in [0.2, 0.25) is 0 Å². The molecule has 1 aromatic carbocycles. The van der Waals surface area contributed by atoms with Gasteiger partial charge in [0.05, 0.1) is 17.4 Å². The van der Waals surface area contributed by atoms with E-state index in [9.17, 15) is 4.39 Å². The third kappa shape index (κ3) is 2.52. The maximum absolute atomic E-state index is 14.3. The van der Waals surface area contributed by atoms with Crippen LogP contribution in [0, 0.1) is 5.82 Å². The van der Waals surface area contributed by atoms with E-state index in [0.29, 0.717) is 42.0 Å². The lowest BCUT2D eigenvalue weighted by molar-refractivity contribution is 0.171. The highest BCUT2D eigenvalue weighted by Crippen LogP contribution is 2.40. The van der Waals surface area contributed by atoms with Crippen LogP contribution >= 0.6 is 0 Å². The highest BCUT2D eigenvalue weighted by Gasteiger charge is 2.30. The van der Waals surface area contributed by atoms with Gasteiger partial charge in [-0.15, -0.1) is 0 Å². The number of benzene rings is 1. The fourth-order valence-corrected chi connectivity index (χ4v) is 2.92. The number of aromatic nitrogens is 4. The number of fused-ring (bicyclic) bond motifs is 1. The minimum atomic E-state index is -0.420. The van der Waals surface area contributed by atoms with E-state index in [4.69, 9.17) is 9.47 Å². The summed E-state index contributed by atoms with van der Waals surface area (Å²) in [7, 11) is 0. The third-order valence-corrected chi connectivity index (χ3v) is 4.35. The van der Waals surface area contributed by atoms with Gasteiger partial charge < -0.3 is 9.47 Å². The van der Waals surface area contributed by atoms with Crippen LogP contribution in [-0.2, 0) is 0 Å². The molecule has 0 saturated heterocycles. The van der Waals surface area contributed by atoms with E-state index in [-0.39, 0.29) is 0 Å². The highest BCUT2D eigenvalue weighted by molar-refractivity contribution is 5.60. The van der Waals surface area contributed by atoms with Crippen LogP contribution in [0.4, 0.5) is 4.39 Å². The second-order valence-electron chi connectivity index (χ2n) is 6.16. The molecular formula is C18H15FN4O2. The number of rotatable bonds is 3. The molecule has 0 bridgehead atoms. The summed E-state index contributed by atoms with van der Waals surface area (Å²) in [6.07, 6.45) is 4.89. The molecule has 0 amide bonds. The smallest absolute Gasteiger partial charge is 0.166 e. The summed E-state index contributed by atoms with van der Waals surface area (Å²) in [5.41, 5.74) is 1.14. The van der Waals surface area contributed by atoms with Gasteiger partial charge in [0.15, 0.2) is 29.0 Å². The summed E-state index contributed by atoms with van der Waals surface area (Å²) in [5.74, 6) is 2.53. The van der Waals surface area contributed by atoms with E-state index in [1.807, 2.05) is 18.2 Å². The van der Waals surface area contributed by atoms with E-state index >= 15 is 0 Å². The molecule has 3 aromatic rings. The molecule has 25 heavy (non-hydrogen) atoms. The SMILES string of the molecule is Fc1cnccc1-c1nc(C2CC2)nn1-c1ccc2c(c1)OCCO2. The lowest BCUT2D eigenvalue weighted by Crippen LogP contribution is -2.15. The fraction of sp³-hybridized carbons (Fsp3) is 0.278. The zero-order valence-electron chi connectivity index (χ0n) is 13.4. The minimum absolute atomic E-state index is 0.363. The van der Waals surface area contributed by atoms with Gasteiger partial charge in [0, 0.05) is 18.2 Å². The Labute approximate surface area is 143 Å². The van der Waals surface area contributed by atoms with Crippen LogP contribution in [0.1, 0.15) is 24.6 Å². The second kappa shape index (κ2) is 5.54. The molecule has 0 atom stereocenters. The third-order valence-electron chi connectivity index (χ3n) is 4.35. The Morgan fingerprint density at radius 2 is 1.92 bits per heavy atom. The Kier molecular flexibility index (Phi) is 3.19. The Bertz CT molecular complexity index is 952. The monoisotopic (exact) mass is 338 g/mol. The molecule has 2 aromatic heterocycles. The molecule has 6 nitrogen and oxygen atoms in total. The topological polar surface area (TPSA) is 62.1 Å². The quantitative estimate of drug-likeness (QED) is 0.734. The summed E-state index contributed by atoms with van der Waals surface area (Å²) < 4.78 is 27.2. The number of hydrogen-bond acceptors (Lipinski definition) is 5. The van der Waals surface area contributed by atoms with Gasteiger partial charge in [-0.2, -0.15) is 5.10 Å². The average Bonchev–Trinajstić information content (AvgIpc) is 3.41. The lowest BCUT2D eigenvalue weighted by atomic mass is 10.2. The van der Waals surface area contributed by atoms with Crippen LogP contribution in [0.2, 0.25) is 0 Å². The molecule has 7 heteroatoms. The predicted octanol–water partition coefficient (Wildman–Crippen LogP) is 3.12. The number of ether oxygens (including phenoxy) is 2. The molecule has 0 unspecified atom stereocenters. The van der Waals surface area contributed by atoms with Crippen molar-refractivity contribution in [1.29, 1.82) is 0 Å². The summed E-state index contributed by atoms with van der Waals surface area (Å²) in [5, 5.41) is 4.63. The molecule has 0 spiro atoms. The van der Waals surface area contributed by atoms with Crippen molar-refractivity contribution >= 4 is 0 Å². The fourth-order valence-electron chi connectivity index (χ4n) is 2.92. The molecule has 0 radical (unpaired) electrons. The number of nitrogens with zero attached hydrogens (tertiary/aromatic N) is 4. The highest BCUT2D eigenvalue weighted by atomic mass is 19.1. The van der Waals surface area contributed by atoms with E-state index in [0.717, 1.165) is 24.4 Å². The van der Waals surface area contributed by atoms with Crippen LogP contribution in [0.3, 0.4) is 0 Å². The molecule has 0 N–H and O–H groups in total. The Morgan fingerprint density at radius 3 is 2.72 bits per heavy atom. The normalized spacial score (nSPS) is 16.0. The van der Waals surface area contributed by atoms with E-state index in [1.165, 1.54) is 6.20 Å². The number of hydrogen-bond donors (Lipinski definition) is 0. The molecule has 2 aliphatic rings. The van der Waals surface area contributed by atoms with Gasteiger partial charge in [-0.25, -0.2) is 14.1 Å². The zero-order valence-corrected chi connectivity index (χ0v) is 13.4. The molecule has 1 aliphatic heterocycles. The molecule has 1 saturated carbocycles. The zero-order chi connectivity index (χ0) is 16.8. The van der Waals surface area contributed by atoms with Crippen molar-refractivity contribution in [3.63, 3.8) is 0 Å². The van der Waals surface area contributed by atoms with Gasteiger partial charge in [-0.1, -0.05) is 0 Å². The van der Waals surface area contributed by atoms with Crippen molar-refractivity contribution in [1.82, 2.24) is 19.7 Å². The van der Waals surface area contributed by atoms with Gasteiger partial charge >= 0.3 is 0 Å². The summed E-state index contributed by atoms with van der Waals surface area (Å²) in [4.78, 5) is 8.42. The van der Waals surface area contributed by atoms with Gasteiger partial charge in [0.1, 0.15) is 13.2 Å². The predicted molar refractivity (Wildman–Crippen MR) is 87.5 cm³/mol. The first-order chi connectivity index (χ1) is 12.3. The van der Waals surface area contributed by atoms with E-state index < -0.39 is 5.82 Å². The average molecular weight is 338 g/mol. The molecule has 3 heterocycles. The van der Waals surface area contributed by atoms with Crippen molar-refractivity contribution < 1.29 is 13.9 Å². The first-order valence-corrected chi connectivity index (χ1v) is 8.26. The summed E-state index contributed by atoms with van der Waals surface area (Å²) in [6, 6.07) is 7.18. The minimum Gasteiger partial charge on any atom is -0.486 e. The van der Waals surface area contributed by atoms with Crippen molar-refractivity contribution in [3.8, 4) is 28.6 Å². The Morgan fingerprint density at radius 1 is 1.08 bits per heavy atom. The van der Waals surface area contributed by atoms with Gasteiger partial charge in [0.25, 0.3) is 0 Å². The van der Waals surface area contributed by atoms with Crippen molar-refractivity contribution in [2.24, 2.45) is 0 Å². The van der Waals surface area contributed by atoms with Crippen LogP contribution in [0.25, 0.3) is 17.1 Å². The maximum Gasteiger partial charge on any atom is 0.166 e. The Hall–Kier alpha value is -2.96. The molecule has 1 aliphatic carbocycles. The van der Waals surface area contributed by atoms with Crippen LogP contribution in [0.15, 0.2) is 36.7 Å². The van der Waals surface area contributed by atoms with Crippen molar-refractivity contribution in [3.05, 3.63) is 48.3 Å². The molecule has 126 valence electrons. The standard InChI is InChI=1S/C18H15FN4O2/c19-14-10-20-6-5-13(14)18-21-17(11-1-2-11)22-23(18)12-3-4-15-16(9-12)25-8-7-24-15/h3-6,9-11H,1-2,7-8H2. The summed E-state index contributed by atoms with van der Waals surface area (Å²) in [6.45, 7) is 1.04. The first kappa shape index (κ1) is 14.4. The maximum atomic E-state index is 14.3. The van der Waals surface area contributed by atoms with E-state index in [1.54, 1.807) is 16.9 Å². The largest absolute Gasteiger partial charge is 0.486 e. The first-order valence-electron chi connectivity index (χ1n) is 8.26. The molecular weight excluding hydrogens is 323 g/mol. The van der Waals surface area contributed by atoms with E-state index in [2.05, 4.69) is 15.1 Å². The van der Waals surface area contributed by atoms with Crippen LogP contribution < -0.4 is 9.47 Å². The second-order valence-corrected chi connectivity index (χ2v) is 6.16. The molecule has 5 rings (SSSR count). The lowest BCUT2D eigenvalue weighted by Gasteiger charge is -2.19. The Balaban J connectivity index is 1.66. The van der Waals surface area contributed by atoms with Gasteiger partial charge in [-0.3, -0.25) is 4.98 Å². The van der Waals surface area contributed by atoms with Crippen molar-refractivity contribution in [2.75, 3.05) is 13.2 Å². The van der Waals surface area contributed by atoms with Gasteiger partial charge in [-0.05, 0) is 31.0 Å². The van der Waals surface area contributed by atoms with Crippen molar-refractivity contribution in [2.45, 2.75) is 18.8 Å².